The molecule has 0 radical (unpaired) electrons. The van der Waals surface area contributed by atoms with E-state index >= 15 is 0 Å². The predicted molar refractivity (Wildman–Crippen MR) is 134 cm³/mol. The molecule has 4 rings (SSSR count). The van der Waals surface area contributed by atoms with E-state index in [2.05, 4.69) is 41.3 Å². The first-order valence-electron chi connectivity index (χ1n) is 10.9. The van der Waals surface area contributed by atoms with Gasteiger partial charge < -0.3 is 19.8 Å². The summed E-state index contributed by atoms with van der Waals surface area (Å²) >= 11 is 0. The lowest BCUT2D eigenvalue weighted by Gasteiger charge is -2.29. The highest BCUT2D eigenvalue weighted by Gasteiger charge is 2.16. The number of nitrogens with zero attached hydrogens (tertiary/aromatic N) is 1. The van der Waals surface area contributed by atoms with Crippen LogP contribution in [0.25, 0.3) is 11.1 Å². The van der Waals surface area contributed by atoms with Gasteiger partial charge in [0.2, 0.25) is 0 Å². The number of halogens is 1. The first-order chi connectivity index (χ1) is 15.3. The fourth-order valence-corrected chi connectivity index (χ4v) is 4.11. The molecule has 0 bridgehead atoms. The van der Waals surface area contributed by atoms with Crippen molar-refractivity contribution in [1.82, 2.24) is 0 Å². The minimum absolute atomic E-state index is 0. The van der Waals surface area contributed by atoms with E-state index < -0.39 is 0 Å². The van der Waals surface area contributed by atoms with Crippen molar-refractivity contribution >= 4 is 29.2 Å². The number of phenolic OH excluding ortho intramolecular Hbond substituents is 1. The van der Waals surface area contributed by atoms with Crippen LogP contribution in [-0.2, 0) is 4.74 Å². The van der Waals surface area contributed by atoms with Gasteiger partial charge in [-0.15, -0.1) is 12.4 Å². The molecule has 3 aromatic rings. The fourth-order valence-electron chi connectivity index (χ4n) is 4.11. The Morgan fingerprint density at radius 2 is 1.38 bits per heavy atom. The van der Waals surface area contributed by atoms with Gasteiger partial charge in [0.25, 0.3) is 0 Å². The Morgan fingerprint density at radius 1 is 0.781 bits per heavy atom. The molecule has 0 saturated carbocycles. The summed E-state index contributed by atoms with van der Waals surface area (Å²) in [5, 5.41) is 19.4. The number of benzene rings is 3. The molecule has 1 saturated heterocycles. The van der Waals surface area contributed by atoms with Gasteiger partial charge in [0.1, 0.15) is 5.75 Å². The van der Waals surface area contributed by atoms with Crippen LogP contribution in [0, 0.1) is 0 Å². The molecule has 0 atom stereocenters. The third kappa shape index (κ3) is 5.71. The molecule has 3 aromatic carbocycles. The van der Waals surface area contributed by atoms with Gasteiger partial charge in [-0.25, -0.2) is 0 Å². The van der Waals surface area contributed by atoms with Crippen LogP contribution >= 0.6 is 12.4 Å². The van der Waals surface area contributed by atoms with Crippen LogP contribution in [-0.4, -0.2) is 43.1 Å². The number of aliphatic hydroxyl groups excluding tert-OH is 1. The molecule has 1 heterocycles. The number of aromatic hydroxyl groups is 1. The Labute approximate surface area is 196 Å². The lowest BCUT2D eigenvalue weighted by Crippen LogP contribution is -2.36. The average Bonchev–Trinajstić information content (AvgIpc) is 2.84. The van der Waals surface area contributed by atoms with E-state index in [0.717, 1.165) is 55.0 Å². The van der Waals surface area contributed by atoms with Gasteiger partial charge in [-0.3, -0.25) is 0 Å². The number of allylic oxidation sites excluding steroid dienone is 1. The molecular formula is C27H30ClNO3. The molecule has 32 heavy (non-hydrogen) atoms. The van der Waals surface area contributed by atoms with Gasteiger partial charge in [-0.05, 0) is 64.9 Å². The molecule has 4 nitrogen and oxygen atoms in total. The zero-order chi connectivity index (χ0) is 21.5. The van der Waals surface area contributed by atoms with Crippen molar-refractivity contribution in [1.29, 1.82) is 0 Å². The highest BCUT2D eigenvalue weighted by molar-refractivity contribution is 5.98. The molecule has 1 aliphatic heterocycles. The summed E-state index contributed by atoms with van der Waals surface area (Å²) in [6.45, 7) is 3.49. The zero-order valence-corrected chi connectivity index (χ0v) is 18.9. The normalized spacial score (nSPS) is 14.5. The van der Waals surface area contributed by atoms with Gasteiger partial charge in [-0.1, -0.05) is 54.6 Å². The van der Waals surface area contributed by atoms with E-state index in [9.17, 15) is 10.2 Å². The Hall–Kier alpha value is -2.79. The quantitative estimate of drug-likeness (QED) is 0.473. The maximum absolute atomic E-state index is 9.82. The van der Waals surface area contributed by atoms with Gasteiger partial charge in [-0.2, -0.15) is 0 Å². The molecule has 0 amide bonds. The Balaban J connectivity index is 0.00000289. The summed E-state index contributed by atoms with van der Waals surface area (Å²) in [7, 11) is 0. The predicted octanol–water partition coefficient (Wildman–Crippen LogP) is 5.38. The Morgan fingerprint density at radius 3 is 1.97 bits per heavy atom. The number of anilines is 1. The topological polar surface area (TPSA) is 52.9 Å². The minimum atomic E-state index is 0. The van der Waals surface area contributed by atoms with Crippen LogP contribution in [0.4, 0.5) is 5.69 Å². The van der Waals surface area contributed by atoms with E-state index in [1.165, 1.54) is 11.3 Å². The Kier molecular flexibility index (Phi) is 8.74. The van der Waals surface area contributed by atoms with E-state index in [0.29, 0.717) is 6.42 Å². The largest absolute Gasteiger partial charge is 0.508 e. The van der Waals surface area contributed by atoms with Crippen molar-refractivity contribution < 1.29 is 14.9 Å². The number of morpholine rings is 1. The number of hydrogen-bond donors (Lipinski definition) is 2. The summed E-state index contributed by atoms with van der Waals surface area (Å²) in [5.74, 6) is 0.252. The van der Waals surface area contributed by atoms with Crippen molar-refractivity contribution in [2.45, 2.75) is 12.8 Å². The van der Waals surface area contributed by atoms with Crippen LogP contribution in [0.15, 0.2) is 78.9 Å². The maximum atomic E-state index is 9.82. The van der Waals surface area contributed by atoms with Crippen LogP contribution < -0.4 is 4.90 Å². The number of rotatable bonds is 7. The van der Waals surface area contributed by atoms with Crippen molar-refractivity contribution in [2.24, 2.45) is 0 Å². The van der Waals surface area contributed by atoms with E-state index in [1.807, 2.05) is 30.3 Å². The summed E-state index contributed by atoms with van der Waals surface area (Å²) in [6.07, 6.45) is 1.46. The second-order valence-electron chi connectivity index (χ2n) is 7.74. The van der Waals surface area contributed by atoms with Crippen molar-refractivity contribution in [3.63, 3.8) is 0 Å². The highest BCUT2D eigenvalue weighted by Crippen LogP contribution is 2.36. The summed E-state index contributed by atoms with van der Waals surface area (Å²) in [5.41, 5.74) is 6.85. The molecule has 0 spiro atoms. The van der Waals surface area contributed by atoms with Gasteiger partial charge in [0.05, 0.1) is 13.2 Å². The smallest absolute Gasteiger partial charge is 0.115 e. The van der Waals surface area contributed by atoms with Crippen molar-refractivity contribution in [2.75, 3.05) is 37.8 Å². The van der Waals surface area contributed by atoms with Gasteiger partial charge in [0, 0.05) is 25.4 Å². The van der Waals surface area contributed by atoms with Crippen LogP contribution in [0.5, 0.6) is 5.75 Å². The second-order valence-corrected chi connectivity index (χ2v) is 7.74. The van der Waals surface area contributed by atoms with Crippen LogP contribution in [0.2, 0.25) is 0 Å². The van der Waals surface area contributed by atoms with Gasteiger partial charge in [0.15, 0.2) is 0 Å². The standard InChI is InChI=1S/C27H29NO3.ClH/c29-18-4-7-26(21-5-2-1-3-6-21)27(23-10-14-25(30)15-11-23)22-8-12-24(13-9-22)28-16-19-31-20-17-28;/h1-3,5-6,8-15,29-30H,4,7,16-20H2;1H/b27-26+;. The first-order valence-corrected chi connectivity index (χ1v) is 10.9. The van der Waals surface area contributed by atoms with E-state index in [4.69, 9.17) is 4.74 Å². The fraction of sp³-hybridized carbons (Fsp3) is 0.259. The molecule has 1 fully saturated rings. The number of aliphatic hydroxyl groups is 1. The monoisotopic (exact) mass is 451 g/mol. The summed E-state index contributed by atoms with van der Waals surface area (Å²) in [6, 6.07) is 26.4. The third-order valence-electron chi connectivity index (χ3n) is 5.70. The molecule has 1 aliphatic rings. The molecule has 0 aliphatic carbocycles. The Bertz CT molecular complexity index is 995. The number of ether oxygens (including phenoxy) is 1. The van der Waals surface area contributed by atoms with Crippen LogP contribution in [0.3, 0.4) is 0 Å². The van der Waals surface area contributed by atoms with Crippen molar-refractivity contribution in [3.05, 3.63) is 95.6 Å². The molecule has 2 N–H and O–H groups in total. The van der Waals surface area contributed by atoms with Crippen molar-refractivity contribution in [3.8, 4) is 5.75 Å². The zero-order valence-electron chi connectivity index (χ0n) is 18.1. The van der Waals surface area contributed by atoms with E-state index in [1.54, 1.807) is 12.1 Å². The molecular weight excluding hydrogens is 422 g/mol. The first kappa shape index (κ1) is 23.9. The molecule has 0 aromatic heterocycles. The highest BCUT2D eigenvalue weighted by atomic mass is 35.5. The lowest BCUT2D eigenvalue weighted by molar-refractivity contribution is 0.122. The van der Waals surface area contributed by atoms with E-state index in [-0.39, 0.29) is 24.8 Å². The minimum Gasteiger partial charge on any atom is -0.508 e. The SMILES string of the molecule is Cl.OCCC/C(=C(\c1ccc(O)cc1)c1ccc(N2CCOCC2)cc1)c1ccccc1. The molecule has 168 valence electrons. The molecule has 5 heteroatoms. The number of hydrogen-bond acceptors (Lipinski definition) is 4. The summed E-state index contributed by atoms with van der Waals surface area (Å²) < 4.78 is 5.48. The average molecular weight is 452 g/mol. The number of phenols is 1. The third-order valence-corrected chi connectivity index (χ3v) is 5.70. The van der Waals surface area contributed by atoms with Gasteiger partial charge >= 0.3 is 0 Å². The second kappa shape index (κ2) is 11.7. The molecule has 0 unspecified atom stereocenters. The maximum Gasteiger partial charge on any atom is 0.115 e. The lowest BCUT2D eigenvalue weighted by atomic mass is 9.87. The summed E-state index contributed by atoms with van der Waals surface area (Å²) in [4.78, 5) is 2.35. The van der Waals surface area contributed by atoms with Crippen LogP contribution in [0.1, 0.15) is 29.5 Å².